The molecule has 7 heteroatoms. The number of nitrogens with zero attached hydrogens (tertiary/aromatic N) is 1. The summed E-state index contributed by atoms with van der Waals surface area (Å²) in [6.07, 6.45) is -4.37. The lowest BCUT2D eigenvalue weighted by Crippen LogP contribution is -2.19. The number of hydrogen-bond donors (Lipinski definition) is 1. The number of aromatic nitrogens is 1. The number of aliphatic hydroxyl groups is 1. The van der Waals surface area contributed by atoms with Gasteiger partial charge in [-0.3, -0.25) is 0 Å². The van der Waals surface area contributed by atoms with Gasteiger partial charge < -0.3 is 14.4 Å². The minimum atomic E-state index is -4.67. The topological polar surface area (TPSA) is 34.4 Å². The normalized spacial score (nSPS) is 13.2. The molecule has 0 aliphatic carbocycles. The van der Waals surface area contributed by atoms with Crippen LogP contribution in [0.2, 0.25) is 0 Å². The van der Waals surface area contributed by atoms with E-state index in [4.69, 9.17) is 4.74 Å². The van der Waals surface area contributed by atoms with Crippen LogP contribution in [0.25, 0.3) is 0 Å². The van der Waals surface area contributed by atoms with Gasteiger partial charge in [-0.2, -0.15) is 13.2 Å². The smallest absolute Gasteiger partial charge is 0.418 e. The van der Waals surface area contributed by atoms with E-state index in [1.165, 1.54) is 25.6 Å². The highest BCUT2D eigenvalue weighted by Gasteiger charge is 2.39. The van der Waals surface area contributed by atoms with Gasteiger partial charge in [-0.1, -0.05) is 15.9 Å². The maximum Gasteiger partial charge on any atom is 0.418 e. The average molecular weight is 364 g/mol. The van der Waals surface area contributed by atoms with Gasteiger partial charge in [0.1, 0.15) is 5.75 Å². The van der Waals surface area contributed by atoms with Crippen molar-refractivity contribution in [3.05, 3.63) is 52.3 Å². The van der Waals surface area contributed by atoms with Gasteiger partial charge in [-0.05, 0) is 24.3 Å². The summed E-state index contributed by atoms with van der Waals surface area (Å²) < 4.78 is 45.0. The van der Waals surface area contributed by atoms with Crippen LogP contribution in [0.5, 0.6) is 5.75 Å². The van der Waals surface area contributed by atoms with Gasteiger partial charge in [0.25, 0.3) is 0 Å². The molecule has 3 nitrogen and oxygen atoms in total. The van der Waals surface area contributed by atoms with Crippen LogP contribution >= 0.6 is 15.9 Å². The summed E-state index contributed by atoms with van der Waals surface area (Å²) in [4.78, 5) is 0. The first kappa shape index (κ1) is 15.9. The van der Waals surface area contributed by atoms with Crippen LogP contribution in [0, 0.1) is 0 Å². The molecule has 0 fully saturated rings. The largest absolute Gasteiger partial charge is 0.496 e. The van der Waals surface area contributed by atoms with E-state index < -0.39 is 12.3 Å². The summed E-state index contributed by atoms with van der Waals surface area (Å²) in [5.74, 6) is 0.643. The Balaban J connectivity index is 2.22. The number of aliphatic hydroxyl groups excluding tert-OH is 1. The molecule has 2 rings (SSSR count). The van der Waals surface area contributed by atoms with E-state index in [9.17, 15) is 18.3 Å². The lowest BCUT2D eigenvalue weighted by atomic mass is 10.2. The van der Waals surface area contributed by atoms with E-state index in [0.717, 1.165) is 10.0 Å². The summed E-state index contributed by atoms with van der Waals surface area (Å²) in [6, 6.07) is 6.67. The SMILES string of the molecule is COc1ccc(Br)cc1Cn1ccc(C(O)C(F)(F)F)c1. The van der Waals surface area contributed by atoms with Crippen molar-refractivity contribution in [3.8, 4) is 5.75 Å². The van der Waals surface area contributed by atoms with Gasteiger partial charge in [0.15, 0.2) is 6.10 Å². The fourth-order valence-corrected chi connectivity index (χ4v) is 2.38. The molecule has 0 spiro atoms. The molecule has 2 aromatic rings. The average Bonchev–Trinajstić information content (AvgIpc) is 2.85. The summed E-state index contributed by atoms with van der Waals surface area (Å²) in [5.41, 5.74) is 0.631. The molecule has 1 atom stereocenters. The molecule has 1 aromatic carbocycles. The van der Waals surface area contributed by atoms with Crippen LogP contribution in [-0.2, 0) is 6.54 Å². The molecule has 114 valence electrons. The minimum Gasteiger partial charge on any atom is -0.496 e. The van der Waals surface area contributed by atoms with E-state index >= 15 is 0 Å². The van der Waals surface area contributed by atoms with Crippen molar-refractivity contribution in [1.82, 2.24) is 4.57 Å². The number of halogens is 4. The Morgan fingerprint density at radius 3 is 2.67 bits per heavy atom. The van der Waals surface area contributed by atoms with Crippen LogP contribution in [-0.4, -0.2) is 23.0 Å². The number of benzene rings is 1. The summed E-state index contributed by atoms with van der Waals surface area (Å²) in [7, 11) is 1.53. The second-order valence-corrected chi connectivity index (χ2v) is 5.43. The van der Waals surface area contributed by atoms with Crippen molar-refractivity contribution in [2.75, 3.05) is 7.11 Å². The molecule has 1 aromatic heterocycles. The number of alkyl halides is 3. The molecule has 1 heterocycles. The number of ether oxygens (including phenoxy) is 1. The number of rotatable bonds is 4. The second kappa shape index (κ2) is 6.11. The predicted molar refractivity (Wildman–Crippen MR) is 75.2 cm³/mol. The van der Waals surface area contributed by atoms with E-state index in [-0.39, 0.29) is 5.56 Å². The summed E-state index contributed by atoms with van der Waals surface area (Å²) in [5, 5.41) is 9.21. The molecule has 0 saturated carbocycles. The molecule has 21 heavy (non-hydrogen) atoms. The zero-order valence-electron chi connectivity index (χ0n) is 11.1. The zero-order chi connectivity index (χ0) is 15.6. The van der Waals surface area contributed by atoms with Crippen LogP contribution in [0.1, 0.15) is 17.2 Å². The summed E-state index contributed by atoms with van der Waals surface area (Å²) in [6.45, 7) is 0.340. The molecule has 0 aliphatic rings. The molecular formula is C14H13BrF3NO2. The Labute approximate surface area is 128 Å². The second-order valence-electron chi connectivity index (χ2n) is 4.52. The maximum atomic E-state index is 12.5. The van der Waals surface area contributed by atoms with Gasteiger partial charge in [-0.25, -0.2) is 0 Å². The van der Waals surface area contributed by atoms with Crippen molar-refractivity contribution in [2.24, 2.45) is 0 Å². The monoisotopic (exact) mass is 363 g/mol. The fourth-order valence-electron chi connectivity index (χ4n) is 1.98. The first-order valence-corrected chi connectivity index (χ1v) is 6.83. The molecule has 0 amide bonds. The Bertz CT molecular complexity index is 625. The molecule has 0 bridgehead atoms. The number of methoxy groups -OCH3 is 1. The Morgan fingerprint density at radius 2 is 2.05 bits per heavy atom. The van der Waals surface area contributed by atoms with E-state index in [2.05, 4.69) is 15.9 Å². The Morgan fingerprint density at radius 1 is 1.33 bits per heavy atom. The first-order chi connectivity index (χ1) is 9.81. The van der Waals surface area contributed by atoms with Crippen molar-refractivity contribution in [1.29, 1.82) is 0 Å². The van der Waals surface area contributed by atoms with E-state index in [1.807, 2.05) is 12.1 Å². The highest BCUT2D eigenvalue weighted by Crippen LogP contribution is 2.32. The van der Waals surface area contributed by atoms with E-state index in [1.54, 1.807) is 10.6 Å². The van der Waals surface area contributed by atoms with Crippen LogP contribution in [0.15, 0.2) is 41.1 Å². The molecule has 1 N–H and O–H groups in total. The van der Waals surface area contributed by atoms with Crippen molar-refractivity contribution >= 4 is 15.9 Å². The molecule has 0 aliphatic heterocycles. The van der Waals surface area contributed by atoms with Crippen molar-refractivity contribution in [2.45, 2.75) is 18.8 Å². The third kappa shape index (κ3) is 3.79. The first-order valence-electron chi connectivity index (χ1n) is 6.04. The third-order valence-electron chi connectivity index (χ3n) is 2.99. The highest BCUT2D eigenvalue weighted by atomic mass is 79.9. The minimum absolute atomic E-state index is 0.184. The molecular weight excluding hydrogens is 351 g/mol. The maximum absolute atomic E-state index is 12.5. The molecule has 0 saturated heterocycles. The molecule has 0 radical (unpaired) electrons. The predicted octanol–water partition coefficient (Wildman–Crippen LogP) is 3.90. The Kier molecular flexibility index (Phi) is 4.63. The third-order valence-corrected chi connectivity index (χ3v) is 3.49. The molecule has 1 unspecified atom stereocenters. The lowest BCUT2D eigenvalue weighted by Gasteiger charge is -2.13. The van der Waals surface area contributed by atoms with Gasteiger partial charge in [0.2, 0.25) is 0 Å². The summed E-state index contributed by atoms with van der Waals surface area (Å²) >= 11 is 3.34. The van der Waals surface area contributed by atoms with Gasteiger partial charge in [0.05, 0.1) is 13.7 Å². The van der Waals surface area contributed by atoms with Crippen molar-refractivity contribution in [3.63, 3.8) is 0 Å². The van der Waals surface area contributed by atoms with Gasteiger partial charge >= 0.3 is 6.18 Å². The van der Waals surface area contributed by atoms with Crippen LogP contribution in [0.4, 0.5) is 13.2 Å². The van der Waals surface area contributed by atoms with Crippen LogP contribution < -0.4 is 4.74 Å². The fraction of sp³-hybridized carbons (Fsp3) is 0.286. The van der Waals surface area contributed by atoms with Gasteiger partial charge in [0, 0.05) is 28.0 Å². The lowest BCUT2D eigenvalue weighted by molar-refractivity contribution is -0.206. The number of hydrogen-bond acceptors (Lipinski definition) is 2. The van der Waals surface area contributed by atoms with E-state index in [0.29, 0.717) is 12.3 Å². The Hall–Kier alpha value is -1.47. The standard InChI is InChI=1S/C14H13BrF3NO2/c1-21-12-3-2-11(15)6-10(12)8-19-5-4-9(7-19)13(20)14(16,17)18/h2-7,13,20H,8H2,1H3. The van der Waals surface area contributed by atoms with Gasteiger partial charge in [-0.15, -0.1) is 0 Å². The highest BCUT2D eigenvalue weighted by molar-refractivity contribution is 9.10. The van der Waals surface area contributed by atoms with Crippen LogP contribution in [0.3, 0.4) is 0 Å². The van der Waals surface area contributed by atoms with Crippen molar-refractivity contribution < 1.29 is 23.0 Å². The zero-order valence-corrected chi connectivity index (χ0v) is 12.6. The quantitative estimate of drug-likeness (QED) is 0.893.